The second-order valence-electron chi connectivity index (χ2n) is 8.21. The van der Waals surface area contributed by atoms with Crippen LogP contribution < -0.4 is 0 Å². The molecule has 1 aliphatic heterocycles. The summed E-state index contributed by atoms with van der Waals surface area (Å²) in [6.07, 6.45) is 6.18. The van der Waals surface area contributed by atoms with Crippen molar-refractivity contribution < 1.29 is 5.11 Å². The summed E-state index contributed by atoms with van der Waals surface area (Å²) in [6, 6.07) is 19.2. The highest BCUT2D eigenvalue weighted by Crippen LogP contribution is 2.52. The Labute approximate surface area is 162 Å². The molecule has 0 aromatic heterocycles. The number of nitrogens with zero attached hydrogens (tertiary/aromatic N) is 2. The minimum Gasteiger partial charge on any atom is -0.390 e. The molecular weight excluding hydrogens is 332 g/mol. The van der Waals surface area contributed by atoms with E-state index in [4.69, 9.17) is 0 Å². The fourth-order valence-electron chi connectivity index (χ4n) is 5.00. The minimum atomic E-state index is -0.327. The molecule has 1 heterocycles. The maximum Gasteiger partial charge on any atom is 0.0834 e. The normalized spacial score (nSPS) is 24.7. The molecule has 2 aliphatic rings. The van der Waals surface area contributed by atoms with Gasteiger partial charge >= 0.3 is 0 Å². The number of rotatable bonds is 4. The Kier molecular flexibility index (Phi) is 5.18. The zero-order valence-corrected chi connectivity index (χ0v) is 16.4. The Morgan fingerprint density at radius 2 is 1.70 bits per heavy atom. The molecule has 2 atom stereocenters. The fourth-order valence-corrected chi connectivity index (χ4v) is 5.00. The van der Waals surface area contributed by atoms with Crippen LogP contribution in [0.15, 0.2) is 60.7 Å². The van der Waals surface area contributed by atoms with E-state index < -0.39 is 0 Å². The predicted molar refractivity (Wildman–Crippen MR) is 112 cm³/mol. The molecule has 2 aromatic carbocycles. The van der Waals surface area contributed by atoms with E-state index >= 15 is 0 Å². The predicted octanol–water partition coefficient (Wildman–Crippen LogP) is 3.71. The van der Waals surface area contributed by atoms with Crippen LogP contribution in [-0.4, -0.2) is 54.7 Å². The largest absolute Gasteiger partial charge is 0.390 e. The summed E-state index contributed by atoms with van der Waals surface area (Å²) in [5, 5.41) is 11.3. The highest BCUT2D eigenvalue weighted by molar-refractivity contribution is 5.49. The van der Waals surface area contributed by atoms with Gasteiger partial charge in [-0.3, -0.25) is 4.90 Å². The molecule has 0 unspecified atom stereocenters. The minimum absolute atomic E-state index is 0.0921. The van der Waals surface area contributed by atoms with Gasteiger partial charge in [-0.1, -0.05) is 66.7 Å². The zero-order chi connectivity index (χ0) is 18.9. The van der Waals surface area contributed by atoms with Gasteiger partial charge in [0, 0.05) is 12.0 Å². The third kappa shape index (κ3) is 3.36. The molecular formula is C24H30N2O. The Bertz CT molecular complexity index is 791. The maximum atomic E-state index is 11.3. The van der Waals surface area contributed by atoms with E-state index in [1.807, 2.05) is 6.07 Å². The van der Waals surface area contributed by atoms with Crippen molar-refractivity contribution in [3.05, 3.63) is 77.4 Å². The molecule has 0 bridgehead atoms. The lowest BCUT2D eigenvalue weighted by molar-refractivity contribution is -0.00119. The topological polar surface area (TPSA) is 26.7 Å². The summed E-state index contributed by atoms with van der Waals surface area (Å²) >= 11 is 0. The summed E-state index contributed by atoms with van der Waals surface area (Å²) in [5.74, 6) is 0. The first-order valence-electron chi connectivity index (χ1n) is 10.00. The van der Waals surface area contributed by atoms with Gasteiger partial charge in [0.25, 0.3) is 0 Å². The lowest BCUT2D eigenvalue weighted by atomic mass is 9.72. The van der Waals surface area contributed by atoms with E-state index in [1.54, 1.807) is 0 Å². The number of piperidine rings is 1. The van der Waals surface area contributed by atoms with Crippen LogP contribution in [0.4, 0.5) is 0 Å². The zero-order valence-electron chi connectivity index (χ0n) is 16.4. The fraction of sp³-hybridized carbons (Fsp3) is 0.417. The molecule has 4 rings (SSSR count). The number of aliphatic hydroxyl groups is 1. The average Bonchev–Trinajstić information content (AvgIpc) is 2.93. The smallest absolute Gasteiger partial charge is 0.0834 e. The molecule has 3 heteroatoms. The molecule has 142 valence electrons. The van der Waals surface area contributed by atoms with Crippen molar-refractivity contribution in [2.45, 2.75) is 30.4 Å². The second kappa shape index (κ2) is 7.59. The van der Waals surface area contributed by atoms with Crippen LogP contribution in [0.3, 0.4) is 0 Å². The first-order valence-corrected chi connectivity index (χ1v) is 10.00. The molecule has 1 saturated heterocycles. The number of likely N-dealkylation sites (N-methyl/N-ethyl adjacent to an activating group) is 1. The lowest BCUT2D eigenvalue weighted by Gasteiger charge is -2.43. The van der Waals surface area contributed by atoms with E-state index in [9.17, 15) is 5.11 Å². The third-order valence-electron chi connectivity index (χ3n) is 6.46. The number of benzene rings is 2. The van der Waals surface area contributed by atoms with Crippen molar-refractivity contribution in [2.24, 2.45) is 0 Å². The van der Waals surface area contributed by atoms with E-state index in [1.165, 1.54) is 16.7 Å². The standard InChI is InChI=1S/C24H30N2O/c1-25(2)22-20-12-6-7-13-21(20)24(23(22)27)14-17-26(18-15-24)16-8-11-19-9-4-3-5-10-19/h3-13,22-23,27H,14-18H2,1-2H3/b11-8+/t22-,23+/m1/s1. The Morgan fingerprint density at radius 3 is 2.41 bits per heavy atom. The van der Waals surface area contributed by atoms with Crippen LogP contribution in [0.25, 0.3) is 6.08 Å². The number of hydrogen-bond acceptors (Lipinski definition) is 3. The molecule has 1 aliphatic carbocycles. The molecule has 1 spiro atoms. The lowest BCUT2D eigenvalue weighted by Crippen LogP contribution is -2.49. The summed E-state index contributed by atoms with van der Waals surface area (Å²) in [5.41, 5.74) is 3.84. The summed E-state index contributed by atoms with van der Waals surface area (Å²) in [6.45, 7) is 3.04. The van der Waals surface area contributed by atoms with Gasteiger partial charge in [-0.15, -0.1) is 0 Å². The van der Waals surface area contributed by atoms with Crippen molar-refractivity contribution in [1.29, 1.82) is 0 Å². The van der Waals surface area contributed by atoms with Crippen LogP contribution in [0.5, 0.6) is 0 Å². The van der Waals surface area contributed by atoms with Crippen molar-refractivity contribution >= 4 is 6.08 Å². The van der Waals surface area contributed by atoms with Crippen LogP contribution in [0.1, 0.15) is 35.6 Å². The van der Waals surface area contributed by atoms with Gasteiger partial charge in [-0.25, -0.2) is 0 Å². The Hall–Kier alpha value is -1.94. The van der Waals surface area contributed by atoms with Crippen LogP contribution in [-0.2, 0) is 5.41 Å². The van der Waals surface area contributed by atoms with Gasteiger partial charge in [0.2, 0.25) is 0 Å². The van der Waals surface area contributed by atoms with E-state index in [0.717, 1.165) is 32.5 Å². The number of hydrogen-bond donors (Lipinski definition) is 1. The molecule has 1 fully saturated rings. The highest BCUT2D eigenvalue weighted by atomic mass is 16.3. The molecule has 1 N–H and O–H groups in total. The van der Waals surface area contributed by atoms with Crippen molar-refractivity contribution in [3.63, 3.8) is 0 Å². The molecule has 3 nitrogen and oxygen atoms in total. The third-order valence-corrected chi connectivity index (χ3v) is 6.46. The maximum absolute atomic E-state index is 11.3. The number of fused-ring (bicyclic) bond motifs is 2. The van der Waals surface area contributed by atoms with Crippen molar-refractivity contribution in [3.8, 4) is 0 Å². The van der Waals surface area contributed by atoms with Gasteiger partial charge in [0.05, 0.1) is 12.1 Å². The first-order chi connectivity index (χ1) is 13.1. The first kappa shape index (κ1) is 18.4. The Balaban J connectivity index is 1.46. The molecule has 0 saturated carbocycles. The molecule has 0 amide bonds. The number of aliphatic hydroxyl groups excluding tert-OH is 1. The molecule has 0 radical (unpaired) electrons. The molecule has 27 heavy (non-hydrogen) atoms. The van der Waals surface area contributed by atoms with Gasteiger partial charge in [-0.05, 0) is 56.7 Å². The van der Waals surface area contributed by atoms with E-state index in [0.29, 0.717) is 0 Å². The highest BCUT2D eigenvalue weighted by Gasteiger charge is 2.52. The van der Waals surface area contributed by atoms with Crippen LogP contribution in [0, 0.1) is 0 Å². The van der Waals surface area contributed by atoms with Crippen LogP contribution in [0.2, 0.25) is 0 Å². The average molecular weight is 363 g/mol. The van der Waals surface area contributed by atoms with Crippen molar-refractivity contribution in [2.75, 3.05) is 33.7 Å². The SMILES string of the molecule is CN(C)[C@@H]1c2ccccc2C2(CCN(C/C=C/c3ccccc3)CC2)[C@H]1O. The van der Waals surface area contributed by atoms with Crippen molar-refractivity contribution in [1.82, 2.24) is 9.80 Å². The summed E-state index contributed by atoms with van der Waals surface area (Å²) in [4.78, 5) is 4.68. The van der Waals surface area contributed by atoms with Gasteiger partial charge in [-0.2, -0.15) is 0 Å². The summed E-state index contributed by atoms with van der Waals surface area (Å²) in [7, 11) is 4.15. The quantitative estimate of drug-likeness (QED) is 0.898. The van der Waals surface area contributed by atoms with Gasteiger partial charge in [0.1, 0.15) is 0 Å². The monoisotopic (exact) mass is 362 g/mol. The number of likely N-dealkylation sites (tertiary alicyclic amines) is 1. The second-order valence-corrected chi connectivity index (χ2v) is 8.21. The molecule has 2 aromatic rings. The van der Waals surface area contributed by atoms with Gasteiger partial charge < -0.3 is 10.0 Å². The van der Waals surface area contributed by atoms with E-state index in [2.05, 4.69) is 84.6 Å². The van der Waals surface area contributed by atoms with Crippen LogP contribution >= 0.6 is 0 Å². The van der Waals surface area contributed by atoms with E-state index in [-0.39, 0.29) is 17.6 Å². The van der Waals surface area contributed by atoms with Gasteiger partial charge in [0.15, 0.2) is 0 Å². The Morgan fingerprint density at radius 1 is 1.04 bits per heavy atom. The summed E-state index contributed by atoms with van der Waals surface area (Å²) < 4.78 is 0.